The molecule has 0 amide bonds. The Kier molecular flexibility index (Phi) is 3.42. The van der Waals surface area contributed by atoms with Gasteiger partial charge in [0.15, 0.2) is 0 Å². The van der Waals surface area contributed by atoms with E-state index in [-0.39, 0.29) is 17.5 Å². The number of fused-ring (bicyclic) bond motifs is 1. The molecule has 4 heteroatoms. The van der Waals surface area contributed by atoms with Crippen molar-refractivity contribution < 1.29 is 9.13 Å². The van der Waals surface area contributed by atoms with Crippen molar-refractivity contribution in [1.82, 2.24) is 0 Å². The second-order valence-electron chi connectivity index (χ2n) is 6.05. The van der Waals surface area contributed by atoms with Gasteiger partial charge in [-0.25, -0.2) is 4.39 Å². The summed E-state index contributed by atoms with van der Waals surface area (Å²) in [7, 11) is 0. The minimum Gasteiger partial charge on any atom is -0.487 e. The first-order valence-electron chi connectivity index (χ1n) is 6.88. The van der Waals surface area contributed by atoms with E-state index in [1.54, 1.807) is 6.07 Å². The van der Waals surface area contributed by atoms with Crippen LogP contribution in [0.15, 0.2) is 36.4 Å². The molecule has 1 aliphatic heterocycles. The Balaban J connectivity index is 1.95. The van der Waals surface area contributed by atoms with Crippen LogP contribution in [-0.4, -0.2) is 5.60 Å². The first kappa shape index (κ1) is 14.4. The van der Waals surface area contributed by atoms with E-state index < -0.39 is 0 Å². The molecule has 1 atom stereocenters. The Bertz CT molecular complexity index is 699. The van der Waals surface area contributed by atoms with Gasteiger partial charge in [0.1, 0.15) is 17.2 Å². The monoisotopic (exact) mass is 305 g/mol. The minimum atomic E-state index is -0.382. The predicted molar refractivity (Wildman–Crippen MR) is 82.3 cm³/mol. The second-order valence-corrected chi connectivity index (χ2v) is 6.46. The molecule has 2 N–H and O–H groups in total. The topological polar surface area (TPSA) is 35.2 Å². The molecule has 21 heavy (non-hydrogen) atoms. The highest BCUT2D eigenvalue weighted by molar-refractivity contribution is 6.31. The van der Waals surface area contributed by atoms with Crippen molar-refractivity contribution >= 4 is 11.6 Å². The summed E-state index contributed by atoms with van der Waals surface area (Å²) in [5, 5.41) is 0.347. The van der Waals surface area contributed by atoms with Gasteiger partial charge in [0.25, 0.3) is 0 Å². The summed E-state index contributed by atoms with van der Waals surface area (Å²) in [4.78, 5) is 0. The van der Waals surface area contributed by atoms with Crippen LogP contribution in [0.4, 0.5) is 4.39 Å². The largest absolute Gasteiger partial charge is 0.487 e. The van der Waals surface area contributed by atoms with Crippen LogP contribution in [0.25, 0.3) is 0 Å². The molecule has 0 bridgehead atoms. The molecule has 0 saturated heterocycles. The zero-order valence-electron chi connectivity index (χ0n) is 12.0. The standard InChI is InChI=1S/C17H17ClFNO/c1-17(2)9-11-7-10(3-6-15(11)21-17)16(20)13-5-4-12(19)8-14(13)18/h3-8,16H,9,20H2,1-2H3. The summed E-state index contributed by atoms with van der Waals surface area (Å²) in [6, 6.07) is 9.84. The van der Waals surface area contributed by atoms with Crippen LogP contribution in [0.2, 0.25) is 5.02 Å². The summed E-state index contributed by atoms with van der Waals surface area (Å²) >= 11 is 6.09. The maximum atomic E-state index is 13.1. The van der Waals surface area contributed by atoms with Gasteiger partial charge < -0.3 is 10.5 Å². The van der Waals surface area contributed by atoms with E-state index in [1.165, 1.54) is 12.1 Å². The predicted octanol–water partition coefficient (Wildman–Crippen LogP) is 4.24. The molecule has 2 aromatic rings. The van der Waals surface area contributed by atoms with Crippen LogP contribution >= 0.6 is 11.6 Å². The van der Waals surface area contributed by atoms with Crippen LogP contribution in [0.1, 0.15) is 36.6 Å². The lowest BCUT2D eigenvalue weighted by molar-refractivity contribution is 0.138. The molecule has 0 aromatic heterocycles. The fraction of sp³-hybridized carbons (Fsp3) is 0.294. The van der Waals surface area contributed by atoms with Crippen LogP contribution in [0.5, 0.6) is 5.75 Å². The van der Waals surface area contributed by atoms with Crippen molar-refractivity contribution in [2.24, 2.45) is 5.73 Å². The molecule has 0 saturated carbocycles. The third-order valence-corrected chi connectivity index (χ3v) is 4.07. The summed E-state index contributed by atoms with van der Waals surface area (Å²) in [5.41, 5.74) is 8.91. The lowest BCUT2D eigenvalue weighted by atomic mass is 9.95. The van der Waals surface area contributed by atoms with Gasteiger partial charge in [-0.05, 0) is 48.7 Å². The fourth-order valence-electron chi connectivity index (χ4n) is 2.76. The molecule has 110 valence electrons. The molecule has 3 rings (SSSR count). The van der Waals surface area contributed by atoms with E-state index in [0.29, 0.717) is 5.02 Å². The van der Waals surface area contributed by atoms with Gasteiger partial charge >= 0.3 is 0 Å². The van der Waals surface area contributed by atoms with Crippen LogP contribution < -0.4 is 10.5 Å². The summed E-state index contributed by atoms with van der Waals surface area (Å²) < 4.78 is 19.0. The molecule has 2 nitrogen and oxygen atoms in total. The van der Waals surface area contributed by atoms with Crippen molar-refractivity contribution in [3.8, 4) is 5.75 Å². The average Bonchev–Trinajstić information content (AvgIpc) is 2.70. The highest BCUT2D eigenvalue weighted by Gasteiger charge is 2.30. The van der Waals surface area contributed by atoms with Gasteiger partial charge in [0, 0.05) is 11.4 Å². The van der Waals surface area contributed by atoms with Gasteiger partial charge in [0.05, 0.1) is 6.04 Å². The Morgan fingerprint density at radius 1 is 1.24 bits per heavy atom. The number of benzene rings is 2. The van der Waals surface area contributed by atoms with Crippen molar-refractivity contribution in [2.45, 2.75) is 31.9 Å². The van der Waals surface area contributed by atoms with Crippen LogP contribution in [0.3, 0.4) is 0 Å². The van der Waals surface area contributed by atoms with Crippen molar-refractivity contribution in [3.63, 3.8) is 0 Å². The highest BCUT2D eigenvalue weighted by Crippen LogP contribution is 2.37. The van der Waals surface area contributed by atoms with Crippen molar-refractivity contribution in [2.75, 3.05) is 0 Å². The summed E-state index contributed by atoms with van der Waals surface area (Å²) in [6.07, 6.45) is 0.847. The quantitative estimate of drug-likeness (QED) is 0.900. The molecule has 1 unspecified atom stereocenters. The molecule has 2 aromatic carbocycles. The maximum absolute atomic E-state index is 13.1. The normalized spacial score (nSPS) is 17.2. The van der Waals surface area contributed by atoms with Gasteiger partial charge in [-0.2, -0.15) is 0 Å². The second kappa shape index (κ2) is 5.00. The van der Waals surface area contributed by atoms with Gasteiger partial charge in [0.2, 0.25) is 0 Å². The van der Waals surface area contributed by atoms with Crippen molar-refractivity contribution in [1.29, 1.82) is 0 Å². The third kappa shape index (κ3) is 2.76. The highest BCUT2D eigenvalue weighted by atomic mass is 35.5. The Hall–Kier alpha value is -1.58. The minimum absolute atomic E-state index is 0.182. The number of ether oxygens (including phenoxy) is 1. The lowest BCUT2D eigenvalue weighted by Gasteiger charge is -2.16. The van der Waals surface area contributed by atoms with E-state index >= 15 is 0 Å². The Morgan fingerprint density at radius 3 is 2.71 bits per heavy atom. The summed E-state index contributed by atoms with van der Waals surface area (Å²) in [5.74, 6) is 0.543. The zero-order chi connectivity index (χ0) is 15.2. The SMILES string of the molecule is CC1(C)Cc2cc(C(N)c3ccc(F)cc3Cl)ccc2O1. The molecule has 0 fully saturated rings. The smallest absolute Gasteiger partial charge is 0.124 e. The Morgan fingerprint density at radius 2 is 2.00 bits per heavy atom. The molecule has 0 radical (unpaired) electrons. The first-order valence-corrected chi connectivity index (χ1v) is 7.26. The molecule has 0 spiro atoms. The molecule has 1 heterocycles. The van der Waals surface area contributed by atoms with E-state index in [2.05, 4.69) is 19.9 Å². The Labute approximate surface area is 128 Å². The van der Waals surface area contributed by atoms with E-state index in [9.17, 15) is 4.39 Å². The lowest BCUT2D eigenvalue weighted by Crippen LogP contribution is -2.24. The van der Waals surface area contributed by atoms with Crippen LogP contribution in [0, 0.1) is 5.82 Å². The number of nitrogens with two attached hydrogens (primary N) is 1. The van der Waals surface area contributed by atoms with Crippen molar-refractivity contribution in [3.05, 3.63) is 63.9 Å². The molecule has 1 aliphatic rings. The summed E-state index contributed by atoms with van der Waals surface area (Å²) in [6.45, 7) is 4.12. The van der Waals surface area contributed by atoms with E-state index in [4.69, 9.17) is 22.1 Å². The van der Waals surface area contributed by atoms with Gasteiger partial charge in [-0.1, -0.05) is 29.8 Å². The maximum Gasteiger partial charge on any atom is 0.124 e. The molecular weight excluding hydrogens is 289 g/mol. The van der Waals surface area contributed by atoms with Gasteiger partial charge in [-0.3, -0.25) is 0 Å². The molecule has 0 aliphatic carbocycles. The fourth-order valence-corrected chi connectivity index (χ4v) is 3.04. The zero-order valence-corrected chi connectivity index (χ0v) is 12.7. The van der Waals surface area contributed by atoms with Crippen LogP contribution in [-0.2, 0) is 6.42 Å². The third-order valence-electron chi connectivity index (χ3n) is 3.74. The van der Waals surface area contributed by atoms with Gasteiger partial charge in [-0.15, -0.1) is 0 Å². The number of hydrogen-bond donors (Lipinski definition) is 1. The number of rotatable bonds is 2. The first-order chi connectivity index (χ1) is 9.85. The number of hydrogen-bond acceptors (Lipinski definition) is 2. The van der Waals surface area contributed by atoms with E-state index in [1.807, 2.05) is 12.1 Å². The molecular formula is C17H17ClFNO. The van der Waals surface area contributed by atoms with E-state index in [0.717, 1.165) is 28.9 Å². The number of halogens is 2. The average molecular weight is 306 g/mol.